The Morgan fingerprint density at radius 1 is 1.06 bits per heavy atom. The minimum absolute atomic E-state index is 0.766. The highest BCUT2D eigenvalue weighted by Crippen LogP contribution is 2.19. The molecule has 1 aromatic heterocycles. The topological polar surface area (TPSA) is 37.8 Å². The van der Waals surface area contributed by atoms with Gasteiger partial charge in [-0.3, -0.25) is 0 Å². The van der Waals surface area contributed by atoms with Crippen LogP contribution in [0.3, 0.4) is 0 Å². The summed E-state index contributed by atoms with van der Waals surface area (Å²) in [4.78, 5) is 0. The summed E-state index contributed by atoms with van der Waals surface area (Å²) < 4.78 is 0. The molecule has 0 atom stereocenters. The lowest BCUT2D eigenvalue weighted by atomic mass is 10.2. The van der Waals surface area contributed by atoms with Crippen LogP contribution in [0.1, 0.15) is 25.7 Å². The number of rotatable bonds is 7. The number of anilines is 1. The van der Waals surface area contributed by atoms with Crippen molar-refractivity contribution in [2.24, 2.45) is 0 Å². The second-order valence-electron chi connectivity index (χ2n) is 4.31. The number of aromatic nitrogens is 2. The fourth-order valence-corrected chi connectivity index (χ4v) is 2.13. The van der Waals surface area contributed by atoms with Crippen LogP contribution in [0, 0.1) is 0 Å². The smallest absolute Gasteiger partial charge is 0.156 e. The molecule has 1 aromatic carbocycles. The number of hydrogen-bond donors (Lipinski definition) is 1. The number of hydrogen-bond acceptors (Lipinski definition) is 3. The van der Waals surface area contributed by atoms with Crippen molar-refractivity contribution in [3.05, 3.63) is 30.5 Å². The highest BCUT2D eigenvalue weighted by molar-refractivity contribution is 6.17. The molecule has 0 aliphatic heterocycles. The van der Waals surface area contributed by atoms with Gasteiger partial charge in [-0.15, -0.1) is 16.7 Å². The summed E-state index contributed by atoms with van der Waals surface area (Å²) in [6, 6.07) is 8.16. The first-order valence-corrected chi connectivity index (χ1v) is 6.95. The zero-order valence-corrected chi connectivity index (χ0v) is 11.2. The lowest BCUT2D eigenvalue weighted by Crippen LogP contribution is -2.04. The Kier molecular flexibility index (Phi) is 5.21. The van der Waals surface area contributed by atoms with Crippen LogP contribution in [-0.2, 0) is 0 Å². The molecule has 0 amide bonds. The number of halogens is 1. The van der Waals surface area contributed by atoms with E-state index < -0.39 is 0 Å². The Hall–Kier alpha value is -1.35. The van der Waals surface area contributed by atoms with Gasteiger partial charge in [-0.1, -0.05) is 37.1 Å². The van der Waals surface area contributed by atoms with Crippen LogP contribution in [-0.4, -0.2) is 22.6 Å². The van der Waals surface area contributed by atoms with E-state index in [1.807, 2.05) is 12.1 Å². The van der Waals surface area contributed by atoms with Crippen LogP contribution in [0.5, 0.6) is 0 Å². The third-order valence-corrected chi connectivity index (χ3v) is 3.19. The number of nitrogens with zero attached hydrogens (tertiary/aromatic N) is 2. The van der Waals surface area contributed by atoms with Crippen LogP contribution in [0.25, 0.3) is 10.8 Å². The first kappa shape index (κ1) is 13.1. The number of fused-ring (bicyclic) bond motifs is 1. The fraction of sp³-hybridized carbons (Fsp3) is 0.429. The van der Waals surface area contributed by atoms with Gasteiger partial charge in [0.1, 0.15) is 0 Å². The Morgan fingerprint density at radius 3 is 2.78 bits per heavy atom. The Labute approximate surface area is 113 Å². The van der Waals surface area contributed by atoms with Gasteiger partial charge in [0.2, 0.25) is 0 Å². The fourth-order valence-electron chi connectivity index (χ4n) is 1.94. The van der Waals surface area contributed by atoms with Crippen molar-refractivity contribution in [3.8, 4) is 0 Å². The number of benzene rings is 1. The van der Waals surface area contributed by atoms with Crippen LogP contribution < -0.4 is 5.32 Å². The van der Waals surface area contributed by atoms with Crippen molar-refractivity contribution >= 4 is 28.2 Å². The lowest BCUT2D eigenvalue weighted by Gasteiger charge is -2.07. The molecule has 1 heterocycles. The predicted molar refractivity (Wildman–Crippen MR) is 77.2 cm³/mol. The molecule has 0 saturated heterocycles. The van der Waals surface area contributed by atoms with Gasteiger partial charge in [0.25, 0.3) is 0 Å². The van der Waals surface area contributed by atoms with Crippen molar-refractivity contribution in [1.82, 2.24) is 10.2 Å². The van der Waals surface area contributed by atoms with Crippen molar-refractivity contribution in [2.75, 3.05) is 17.7 Å². The SMILES string of the molecule is ClCCCCCCNc1nncc2ccccc12. The third kappa shape index (κ3) is 3.57. The molecule has 1 N–H and O–H groups in total. The number of nitrogens with one attached hydrogen (secondary N) is 1. The highest BCUT2D eigenvalue weighted by atomic mass is 35.5. The zero-order chi connectivity index (χ0) is 12.6. The van der Waals surface area contributed by atoms with Crippen LogP contribution in [0.2, 0.25) is 0 Å². The van der Waals surface area contributed by atoms with E-state index in [0.717, 1.165) is 41.9 Å². The molecule has 4 heteroatoms. The van der Waals surface area contributed by atoms with Gasteiger partial charge in [0, 0.05) is 23.2 Å². The van der Waals surface area contributed by atoms with Crippen LogP contribution in [0.15, 0.2) is 30.5 Å². The molecule has 0 aliphatic rings. The summed E-state index contributed by atoms with van der Waals surface area (Å²) in [7, 11) is 0. The molecule has 0 fully saturated rings. The molecular weight excluding hydrogens is 246 g/mol. The molecule has 0 bridgehead atoms. The maximum atomic E-state index is 5.64. The molecule has 96 valence electrons. The molecule has 0 saturated carbocycles. The molecule has 3 nitrogen and oxygen atoms in total. The summed E-state index contributed by atoms with van der Waals surface area (Å²) in [5, 5.41) is 13.8. The van der Waals surface area contributed by atoms with E-state index in [9.17, 15) is 0 Å². The number of unbranched alkanes of at least 4 members (excludes halogenated alkanes) is 3. The van der Waals surface area contributed by atoms with E-state index in [-0.39, 0.29) is 0 Å². The third-order valence-electron chi connectivity index (χ3n) is 2.92. The van der Waals surface area contributed by atoms with Gasteiger partial charge in [-0.2, -0.15) is 5.10 Å². The quantitative estimate of drug-likeness (QED) is 0.609. The summed E-state index contributed by atoms with van der Waals surface area (Å²) in [5.41, 5.74) is 0. The van der Waals surface area contributed by atoms with Gasteiger partial charge in [0.15, 0.2) is 5.82 Å². The van der Waals surface area contributed by atoms with Gasteiger partial charge < -0.3 is 5.32 Å². The van der Waals surface area contributed by atoms with Crippen LogP contribution in [0.4, 0.5) is 5.82 Å². The highest BCUT2D eigenvalue weighted by Gasteiger charge is 2.01. The minimum atomic E-state index is 0.766. The predicted octanol–water partition coefficient (Wildman–Crippen LogP) is 3.84. The zero-order valence-electron chi connectivity index (χ0n) is 10.4. The first-order valence-electron chi connectivity index (χ1n) is 6.42. The van der Waals surface area contributed by atoms with Crippen LogP contribution >= 0.6 is 11.6 Å². The van der Waals surface area contributed by atoms with E-state index in [2.05, 4.69) is 27.6 Å². The van der Waals surface area contributed by atoms with E-state index in [0.29, 0.717) is 0 Å². The van der Waals surface area contributed by atoms with Gasteiger partial charge in [-0.25, -0.2) is 0 Å². The normalized spacial score (nSPS) is 10.7. The van der Waals surface area contributed by atoms with Crippen molar-refractivity contribution in [2.45, 2.75) is 25.7 Å². The van der Waals surface area contributed by atoms with E-state index in [1.54, 1.807) is 6.20 Å². The van der Waals surface area contributed by atoms with Crippen molar-refractivity contribution < 1.29 is 0 Å². The largest absolute Gasteiger partial charge is 0.368 e. The molecule has 0 unspecified atom stereocenters. The average molecular weight is 264 g/mol. The van der Waals surface area contributed by atoms with Gasteiger partial charge in [0.05, 0.1) is 6.20 Å². The van der Waals surface area contributed by atoms with E-state index in [4.69, 9.17) is 11.6 Å². The lowest BCUT2D eigenvalue weighted by molar-refractivity contribution is 0.686. The maximum absolute atomic E-state index is 5.64. The summed E-state index contributed by atoms with van der Waals surface area (Å²) in [6.07, 6.45) is 6.45. The van der Waals surface area contributed by atoms with Gasteiger partial charge in [-0.05, 0) is 12.8 Å². The second kappa shape index (κ2) is 7.17. The molecule has 0 radical (unpaired) electrons. The Bertz CT molecular complexity index is 482. The average Bonchev–Trinajstić information content (AvgIpc) is 2.43. The molecule has 18 heavy (non-hydrogen) atoms. The molecule has 0 spiro atoms. The minimum Gasteiger partial charge on any atom is -0.368 e. The summed E-state index contributed by atoms with van der Waals surface area (Å²) in [6.45, 7) is 0.935. The van der Waals surface area contributed by atoms with Crippen molar-refractivity contribution in [3.63, 3.8) is 0 Å². The number of alkyl halides is 1. The first-order chi connectivity index (χ1) is 8.92. The van der Waals surface area contributed by atoms with E-state index >= 15 is 0 Å². The maximum Gasteiger partial charge on any atom is 0.156 e. The van der Waals surface area contributed by atoms with Crippen molar-refractivity contribution in [1.29, 1.82) is 0 Å². The molecule has 0 aliphatic carbocycles. The summed E-state index contributed by atoms with van der Waals surface area (Å²) >= 11 is 5.64. The van der Waals surface area contributed by atoms with E-state index in [1.165, 1.54) is 12.8 Å². The Morgan fingerprint density at radius 2 is 1.89 bits per heavy atom. The Balaban J connectivity index is 1.88. The monoisotopic (exact) mass is 263 g/mol. The van der Waals surface area contributed by atoms with Gasteiger partial charge >= 0.3 is 0 Å². The standard InChI is InChI=1S/C14H18ClN3/c15-9-5-1-2-6-10-16-14-13-8-4-3-7-12(13)11-17-18-14/h3-4,7-8,11H,1-2,5-6,9-10H2,(H,16,18). The second-order valence-corrected chi connectivity index (χ2v) is 4.69. The molecule has 2 rings (SSSR count). The molecule has 2 aromatic rings. The summed E-state index contributed by atoms with van der Waals surface area (Å²) in [5.74, 6) is 1.65. The molecular formula is C14H18ClN3.